The monoisotopic (exact) mass is 520 g/mol. The number of aliphatic hydroxyl groups excluding tert-OH is 1. The minimum Gasteiger partial charge on any atom is -0.505 e. The van der Waals surface area contributed by atoms with Crippen molar-refractivity contribution in [3.05, 3.63) is 86.3 Å². The summed E-state index contributed by atoms with van der Waals surface area (Å²) in [7, 11) is 0. The third-order valence-electron chi connectivity index (χ3n) is 6.23. The number of benzene rings is 1. The molecular weight excluding hydrogens is 500 g/mol. The van der Waals surface area contributed by atoms with E-state index in [1.165, 1.54) is 11.8 Å². The van der Waals surface area contributed by atoms with Gasteiger partial charge in [-0.2, -0.15) is 0 Å². The van der Waals surface area contributed by atoms with Gasteiger partial charge in [-0.05, 0) is 50.1 Å². The molecule has 1 unspecified atom stereocenters. The van der Waals surface area contributed by atoms with Crippen LogP contribution in [-0.4, -0.2) is 36.9 Å². The Morgan fingerprint density at radius 3 is 2.50 bits per heavy atom. The molecule has 3 aromatic heterocycles. The summed E-state index contributed by atoms with van der Waals surface area (Å²) >= 11 is 7.29. The molecule has 4 heterocycles. The van der Waals surface area contributed by atoms with Crippen LogP contribution in [0.2, 0.25) is 5.02 Å². The highest BCUT2D eigenvalue weighted by molar-refractivity contribution is 7.18. The van der Waals surface area contributed by atoms with Crippen LogP contribution in [0.3, 0.4) is 0 Å². The van der Waals surface area contributed by atoms with Crippen molar-refractivity contribution >= 4 is 56.9 Å². The maximum absolute atomic E-state index is 13.4. The lowest BCUT2D eigenvalue weighted by atomic mass is 9.96. The van der Waals surface area contributed by atoms with Crippen molar-refractivity contribution in [1.82, 2.24) is 14.4 Å². The SMILES string of the molecule is CC(=O)c1sc(N2C(=O)C(=O)/C(=C(/O)c3nc4c(C)cccn4c3C)C2c2cccc(Cl)c2)nc1C. The zero-order chi connectivity index (χ0) is 25.9. The predicted octanol–water partition coefficient (Wildman–Crippen LogP) is 5.20. The number of amides is 1. The van der Waals surface area contributed by atoms with Gasteiger partial charge in [0.15, 0.2) is 16.7 Å². The Morgan fingerprint density at radius 2 is 1.86 bits per heavy atom. The van der Waals surface area contributed by atoms with Gasteiger partial charge in [-0.1, -0.05) is 41.1 Å². The fraction of sp³-hybridized carbons (Fsp3) is 0.192. The molecule has 1 fully saturated rings. The summed E-state index contributed by atoms with van der Waals surface area (Å²) in [6, 6.07) is 9.47. The number of halogens is 1. The van der Waals surface area contributed by atoms with Crippen LogP contribution in [0.4, 0.5) is 5.13 Å². The summed E-state index contributed by atoms with van der Waals surface area (Å²) in [5, 5.41) is 12.1. The second kappa shape index (κ2) is 8.69. The highest BCUT2D eigenvalue weighted by Crippen LogP contribution is 2.44. The zero-order valence-electron chi connectivity index (χ0n) is 19.9. The second-order valence-corrected chi connectivity index (χ2v) is 10.0. The number of anilines is 1. The topological polar surface area (TPSA) is 105 Å². The maximum atomic E-state index is 13.4. The molecule has 10 heteroatoms. The molecule has 1 atom stereocenters. The number of hydrogen-bond donors (Lipinski definition) is 1. The van der Waals surface area contributed by atoms with Crippen LogP contribution in [0.15, 0.2) is 48.2 Å². The number of pyridine rings is 1. The van der Waals surface area contributed by atoms with Crippen LogP contribution >= 0.6 is 22.9 Å². The number of carbonyl (C=O) groups excluding carboxylic acids is 3. The number of aliphatic hydroxyl groups is 1. The third kappa shape index (κ3) is 3.63. The van der Waals surface area contributed by atoms with E-state index >= 15 is 0 Å². The van der Waals surface area contributed by atoms with Crippen molar-refractivity contribution in [1.29, 1.82) is 0 Å². The lowest BCUT2D eigenvalue weighted by Crippen LogP contribution is -2.29. The Kier molecular flexibility index (Phi) is 5.77. The minimum atomic E-state index is -1.01. The molecule has 5 rings (SSSR count). The summed E-state index contributed by atoms with van der Waals surface area (Å²) in [6.07, 6.45) is 1.82. The van der Waals surface area contributed by atoms with Gasteiger partial charge in [0.05, 0.1) is 27.9 Å². The first-order valence-corrected chi connectivity index (χ1v) is 12.3. The summed E-state index contributed by atoms with van der Waals surface area (Å²) in [5.41, 5.74) is 3.19. The number of Topliss-reactive ketones (excluding diaryl/α,β-unsaturated/α-hetero) is 2. The summed E-state index contributed by atoms with van der Waals surface area (Å²) in [4.78, 5) is 49.5. The highest BCUT2D eigenvalue weighted by atomic mass is 35.5. The lowest BCUT2D eigenvalue weighted by molar-refractivity contribution is -0.132. The number of aromatic nitrogens is 3. The van der Waals surface area contributed by atoms with E-state index in [1.807, 2.05) is 29.7 Å². The molecule has 182 valence electrons. The smallest absolute Gasteiger partial charge is 0.301 e. The number of aryl methyl sites for hydroxylation is 3. The first-order valence-electron chi connectivity index (χ1n) is 11.1. The number of ketones is 2. The molecular formula is C26H21ClN4O4S. The molecule has 0 saturated carbocycles. The van der Waals surface area contributed by atoms with Crippen molar-refractivity contribution in [2.75, 3.05) is 4.90 Å². The van der Waals surface area contributed by atoms with Gasteiger partial charge in [0.2, 0.25) is 0 Å². The van der Waals surface area contributed by atoms with Crippen LogP contribution in [0.5, 0.6) is 0 Å². The van der Waals surface area contributed by atoms with Crippen molar-refractivity contribution in [3.63, 3.8) is 0 Å². The molecule has 36 heavy (non-hydrogen) atoms. The van der Waals surface area contributed by atoms with Crippen LogP contribution in [0.1, 0.15) is 50.8 Å². The van der Waals surface area contributed by atoms with Gasteiger partial charge in [-0.15, -0.1) is 0 Å². The first kappa shape index (κ1) is 23.9. The standard InChI is InChI=1S/C26H21ClN4O4S/c1-12-7-6-10-30-14(3)19(29-24(12)30)21(33)18-20(16-8-5-9-17(27)11-16)31(25(35)22(18)34)26-28-13(2)23(36-26)15(4)32/h5-11,20,33H,1-4H3/b21-18+. The lowest BCUT2D eigenvalue weighted by Gasteiger charge is -2.23. The van der Waals surface area contributed by atoms with Gasteiger partial charge in [0.25, 0.3) is 5.78 Å². The largest absolute Gasteiger partial charge is 0.505 e. The van der Waals surface area contributed by atoms with E-state index in [9.17, 15) is 19.5 Å². The molecule has 1 amide bonds. The Labute approximate surface area is 215 Å². The third-order valence-corrected chi connectivity index (χ3v) is 7.72. The molecule has 4 aromatic rings. The number of hydrogen-bond acceptors (Lipinski definition) is 7. The Morgan fingerprint density at radius 1 is 1.11 bits per heavy atom. The van der Waals surface area contributed by atoms with Crippen molar-refractivity contribution in [3.8, 4) is 0 Å². The van der Waals surface area contributed by atoms with E-state index in [4.69, 9.17) is 11.6 Å². The molecule has 1 aliphatic heterocycles. The summed E-state index contributed by atoms with van der Waals surface area (Å²) in [6.45, 7) is 6.77. The molecule has 0 aliphatic carbocycles. The van der Waals surface area contributed by atoms with E-state index in [1.54, 1.807) is 38.1 Å². The normalized spacial score (nSPS) is 17.4. The number of thiazole rings is 1. The van der Waals surface area contributed by atoms with Crippen molar-refractivity contribution in [2.45, 2.75) is 33.7 Å². The summed E-state index contributed by atoms with van der Waals surface area (Å²) < 4.78 is 1.82. The summed E-state index contributed by atoms with van der Waals surface area (Å²) in [5.74, 6) is -2.31. The molecule has 8 nitrogen and oxygen atoms in total. The van der Waals surface area contributed by atoms with Gasteiger partial charge in [0.1, 0.15) is 11.3 Å². The molecule has 1 N–H and O–H groups in total. The van der Waals surface area contributed by atoms with E-state index in [-0.39, 0.29) is 27.9 Å². The number of fused-ring (bicyclic) bond motifs is 1. The van der Waals surface area contributed by atoms with Crippen LogP contribution in [0.25, 0.3) is 11.4 Å². The molecule has 1 aliphatic rings. The zero-order valence-corrected chi connectivity index (χ0v) is 21.4. The van der Waals surface area contributed by atoms with Crippen LogP contribution in [0, 0.1) is 20.8 Å². The first-order chi connectivity index (χ1) is 17.1. The van der Waals surface area contributed by atoms with Crippen molar-refractivity contribution in [2.24, 2.45) is 0 Å². The fourth-order valence-electron chi connectivity index (χ4n) is 4.51. The molecule has 1 aromatic carbocycles. The van der Waals surface area contributed by atoms with Gasteiger partial charge in [0, 0.05) is 18.1 Å². The van der Waals surface area contributed by atoms with Crippen LogP contribution < -0.4 is 4.90 Å². The predicted molar refractivity (Wildman–Crippen MR) is 138 cm³/mol. The minimum absolute atomic E-state index is 0.122. The van der Waals surface area contributed by atoms with Gasteiger partial charge in [-0.3, -0.25) is 19.3 Å². The fourth-order valence-corrected chi connectivity index (χ4v) is 5.70. The van der Waals surface area contributed by atoms with Gasteiger partial charge >= 0.3 is 5.91 Å². The van der Waals surface area contributed by atoms with Gasteiger partial charge in [-0.25, -0.2) is 9.97 Å². The molecule has 0 radical (unpaired) electrons. The number of carbonyl (C=O) groups is 3. The second-order valence-electron chi connectivity index (χ2n) is 8.62. The maximum Gasteiger partial charge on any atom is 0.301 e. The average molecular weight is 521 g/mol. The van der Waals surface area contributed by atoms with Gasteiger partial charge < -0.3 is 9.51 Å². The number of rotatable bonds is 4. The average Bonchev–Trinajstić information content (AvgIpc) is 3.46. The molecule has 1 saturated heterocycles. The highest BCUT2D eigenvalue weighted by Gasteiger charge is 2.49. The van der Waals surface area contributed by atoms with E-state index in [0.717, 1.165) is 16.9 Å². The van der Waals surface area contributed by atoms with E-state index in [0.29, 0.717) is 32.5 Å². The number of nitrogens with zero attached hydrogens (tertiary/aromatic N) is 4. The number of imidazole rings is 1. The molecule has 0 bridgehead atoms. The Bertz CT molecular complexity index is 1630. The van der Waals surface area contributed by atoms with Crippen LogP contribution in [-0.2, 0) is 9.59 Å². The quantitative estimate of drug-likeness (QED) is 0.172. The Hall–Kier alpha value is -3.82. The van der Waals surface area contributed by atoms with E-state index in [2.05, 4.69) is 9.97 Å². The van der Waals surface area contributed by atoms with E-state index < -0.39 is 17.7 Å². The van der Waals surface area contributed by atoms with Crippen molar-refractivity contribution < 1.29 is 19.5 Å². The molecule has 0 spiro atoms. The Balaban J connectivity index is 1.78.